The molecule has 0 bridgehead atoms. The van der Waals surface area contributed by atoms with Crippen molar-refractivity contribution in [1.29, 1.82) is 0 Å². The van der Waals surface area contributed by atoms with E-state index in [-0.39, 0.29) is 12.1 Å². The van der Waals surface area contributed by atoms with Crippen LogP contribution in [0.4, 0.5) is 0 Å². The lowest BCUT2D eigenvalue weighted by Gasteiger charge is -2.16. The van der Waals surface area contributed by atoms with Gasteiger partial charge < -0.3 is 19.9 Å². The fourth-order valence-electron chi connectivity index (χ4n) is 1.81. The summed E-state index contributed by atoms with van der Waals surface area (Å²) in [4.78, 5) is 0. The van der Waals surface area contributed by atoms with Crippen LogP contribution in [0.5, 0.6) is 5.75 Å². The Kier molecular flexibility index (Phi) is 6.84. The van der Waals surface area contributed by atoms with Crippen LogP contribution in [0, 0.1) is 0 Å². The molecule has 108 valence electrons. The summed E-state index contributed by atoms with van der Waals surface area (Å²) < 4.78 is 16.4. The molecule has 0 aliphatic rings. The first-order valence-corrected chi connectivity index (χ1v) is 6.70. The van der Waals surface area contributed by atoms with E-state index < -0.39 is 0 Å². The maximum atomic E-state index is 5.91. The number of nitrogens with two attached hydrogens (primary N) is 1. The first kappa shape index (κ1) is 16.0. The van der Waals surface area contributed by atoms with E-state index in [1.165, 1.54) is 0 Å². The second kappa shape index (κ2) is 8.15. The molecule has 0 aliphatic heterocycles. The molecular weight excluding hydrogens is 242 g/mol. The van der Waals surface area contributed by atoms with Crippen LogP contribution in [0.25, 0.3) is 0 Å². The van der Waals surface area contributed by atoms with Crippen LogP contribution in [0.1, 0.15) is 37.9 Å². The molecule has 1 aromatic rings. The van der Waals surface area contributed by atoms with Gasteiger partial charge in [0.25, 0.3) is 0 Å². The van der Waals surface area contributed by atoms with E-state index in [0.717, 1.165) is 16.9 Å². The van der Waals surface area contributed by atoms with Crippen LogP contribution in [-0.2, 0) is 16.1 Å². The third-order valence-corrected chi connectivity index (χ3v) is 2.83. The van der Waals surface area contributed by atoms with E-state index in [1.807, 2.05) is 32.9 Å². The number of hydrogen-bond donors (Lipinski definition) is 1. The number of ether oxygens (including phenoxy) is 3. The minimum atomic E-state index is 0.00539. The zero-order chi connectivity index (χ0) is 14.3. The predicted octanol–water partition coefficient (Wildman–Crippen LogP) is 2.66. The van der Waals surface area contributed by atoms with Crippen molar-refractivity contribution in [2.24, 2.45) is 5.73 Å². The van der Waals surface area contributed by atoms with E-state index in [2.05, 4.69) is 6.07 Å². The summed E-state index contributed by atoms with van der Waals surface area (Å²) in [5, 5.41) is 0. The fraction of sp³-hybridized carbons (Fsp3) is 0.600. The van der Waals surface area contributed by atoms with Gasteiger partial charge in [0, 0.05) is 18.7 Å². The maximum Gasteiger partial charge on any atom is 0.124 e. The lowest BCUT2D eigenvalue weighted by molar-refractivity contribution is -0.000874. The molecule has 0 aliphatic carbocycles. The van der Waals surface area contributed by atoms with E-state index in [1.54, 1.807) is 7.11 Å². The third-order valence-electron chi connectivity index (χ3n) is 2.83. The zero-order valence-corrected chi connectivity index (χ0v) is 12.3. The van der Waals surface area contributed by atoms with E-state index >= 15 is 0 Å². The molecule has 0 aromatic heterocycles. The van der Waals surface area contributed by atoms with Gasteiger partial charge in [-0.1, -0.05) is 6.07 Å². The Labute approximate surface area is 115 Å². The van der Waals surface area contributed by atoms with Gasteiger partial charge in [0.05, 0.1) is 25.9 Å². The highest BCUT2D eigenvalue weighted by atomic mass is 16.5. The van der Waals surface area contributed by atoms with Crippen molar-refractivity contribution in [3.05, 3.63) is 29.3 Å². The number of hydrogen-bond acceptors (Lipinski definition) is 4. The Hall–Kier alpha value is -1.10. The second-order valence-electron chi connectivity index (χ2n) is 4.67. The van der Waals surface area contributed by atoms with Gasteiger partial charge in [0.2, 0.25) is 0 Å². The summed E-state index contributed by atoms with van der Waals surface area (Å²) in [6.45, 7) is 7.64. The highest BCUT2D eigenvalue weighted by molar-refractivity contribution is 5.38. The third kappa shape index (κ3) is 5.19. The molecule has 0 saturated heterocycles. The van der Waals surface area contributed by atoms with Crippen LogP contribution in [0.15, 0.2) is 18.2 Å². The molecule has 1 aromatic carbocycles. The lowest BCUT2D eigenvalue weighted by Crippen LogP contribution is -2.15. The molecule has 0 amide bonds. The highest BCUT2D eigenvalue weighted by Gasteiger charge is 2.10. The van der Waals surface area contributed by atoms with Crippen molar-refractivity contribution in [2.75, 3.05) is 20.3 Å². The van der Waals surface area contributed by atoms with Crippen LogP contribution >= 0.6 is 0 Å². The van der Waals surface area contributed by atoms with Crippen molar-refractivity contribution in [3.63, 3.8) is 0 Å². The molecule has 2 atom stereocenters. The predicted molar refractivity (Wildman–Crippen MR) is 76.3 cm³/mol. The summed E-state index contributed by atoms with van der Waals surface area (Å²) in [5.41, 5.74) is 8.02. The monoisotopic (exact) mass is 267 g/mol. The van der Waals surface area contributed by atoms with Gasteiger partial charge in [0.1, 0.15) is 5.75 Å². The Morgan fingerprint density at radius 2 is 2.00 bits per heavy atom. The standard InChI is InChI=1S/C15H25NO3/c1-5-18-15-7-6-13(12(3)16)8-14(15)10-19-11(2)9-17-4/h6-8,11-12H,5,9-10,16H2,1-4H3. The van der Waals surface area contributed by atoms with Gasteiger partial charge in [-0.3, -0.25) is 0 Å². The summed E-state index contributed by atoms with van der Waals surface area (Å²) in [6.07, 6.45) is 0.0541. The minimum absolute atomic E-state index is 0.00539. The molecule has 1 rings (SSSR count). The highest BCUT2D eigenvalue weighted by Crippen LogP contribution is 2.24. The summed E-state index contributed by atoms with van der Waals surface area (Å²) >= 11 is 0. The molecule has 0 radical (unpaired) electrons. The topological polar surface area (TPSA) is 53.7 Å². The molecule has 19 heavy (non-hydrogen) atoms. The summed E-state index contributed by atoms with van der Waals surface area (Å²) in [7, 11) is 1.67. The SMILES string of the molecule is CCOc1ccc(C(C)N)cc1COC(C)COC. The van der Waals surface area contributed by atoms with Crippen molar-refractivity contribution >= 4 is 0 Å². The van der Waals surface area contributed by atoms with Gasteiger partial charge in [0.15, 0.2) is 0 Å². The minimum Gasteiger partial charge on any atom is -0.494 e. The van der Waals surface area contributed by atoms with E-state index in [4.69, 9.17) is 19.9 Å². The molecule has 4 nitrogen and oxygen atoms in total. The van der Waals surface area contributed by atoms with Gasteiger partial charge >= 0.3 is 0 Å². The lowest BCUT2D eigenvalue weighted by atomic mass is 10.1. The Bertz CT molecular complexity index is 380. The average Bonchev–Trinajstić information content (AvgIpc) is 2.38. The molecule has 4 heteroatoms. The van der Waals surface area contributed by atoms with E-state index in [0.29, 0.717) is 19.8 Å². The Morgan fingerprint density at radius 1 is 1.26 bits per heavy atom. The number of methoxy groups -OCH3 is 1. The van der Waals surface area contributed by atoms with Gasteiger partial charge in [-0.25, -0.2) is 0 Å². The zero-order valence-electron chi connectivity index (χ0n) is 12.3. The smallest absolute Gasteiger partial charge is 0.124 e. The molecule has 2 unspecified atom stereocenters. The van der Waals surface area contributed by atoms with Crippen LogP contribution in [0.3, 0.4) is 0 Å². The van der Waals surface area contributed by atoms with Crippen molar-refractivity contribution in [3.8, 4) is 5.75 Å². The summed E-state index contributed by atoms with van der Waals surface area (Å²) in [6, 6.07) is 6.01. The quantitative estimate of drug-likeness (QED) is 0.786. The molecular formula is C15H25NO3. The van der Waals surface area contributed by atoms with Gasteiger partial charge in [-0.05, 0) is 38.5 Å². The normalized spacial score (nSPS) is 14.2. The Balaban J connectivity index is 2.78. The molecule has 0 fully saturated rings. The Morgan fingerprint density at radius 3 is 2.58 bits per heavy atom. The van der Waals surface area contributed by atoms with Crippen LogP contribution in [0.2, 0.25) is 0 Å². The first-order valence-electron chi connectivity index (χ1n) is 6.70. The van der Waals surface area contributed by atoms with Crippen molar-refractivity contribution < 1.29 is 14.2 Å². The fourth-order valence-corrected chi connectivity index (χ4v) is 1.81. The first-order chi connectivity index (χ1) is 9.08. The van der Waals surface area contributed by atoms with Crippen molar-refractivity contribution in [2.45, 2.75) is 39.5 Å². The van der Waals surface area contributed by atoms with Crippen LogP contribution < -0.4 is 10.5 Å². The van der Waals surface area contributed by atoms with Gasteiger partial charge in [-0.2, -0.15) is 0 Å². The molecule has 2 N–H and O–H groups in total. The second-order valence-corrected chi connectivity index (χ2v) is 4.67. The number of rotatable bonds is 8. The van der Waals surface area contributed by atoms with Crippen LogP contribution in [-0.4, -0.2) is 26.4 Å². The maximum absolute atomic E-state index is 5.91. The largest absolute Gasteiger partial charge is 0.494 e. The van der Waals surface area contributed by atoms with E-state index in [9.17, 15) is 0 Å². The summed E-state index contributed by atoms with van der Waals surface area (Å²) in [5.74, 6) is 0.858. The van der Waals surface area contributed by atoms with Crippen molar-refractivity contribution in [1.82, 2.24) is 0 Å². The molecule has 0 spiro atoms. The van der Waals surface area contributed by atoms with Gasteiger partial charge in [-0.15, -0.1) is 0 Å². The molecule has 0 heterocycles. The number of benzene rings is 1. The molecule has 0 saturated carbocycles. The average molecular weight is 267 g/mol.